The van der Waals surface area contributed by atoms with Crippen LogP contribution in [0.15, 0.2) is 30.3 Å². The fourth-order valence-electron chi connectivity index (χ4n) is 2.05. The Morgan fingerprint density at radius 3 is 2.56 bits per heavy atom. The Labute approximate surface area is 112 Å². The van der Waals surface area contributed by atoms with Gasteiger partial charge in [-0.1, -0.05) is 50.6 Å². The molecular weight excluding hydrogens is 222 g/mol. The minimum Gasteiger partial charge on any atom is -0.376 e. The van der Waals surface area contributed by atoms with E-state index < -0.39 is 0 Å². The van der Waals surface area contributed by atoms with Gasteiger partial charge in [0, 0.05) is 6.54 Å². The van der Waals surface area contributed by atoms with Gasteiger partial charge in [0.05, 0.1) is 13.2 Å². The molecule has 0 fully saturated rings. The SMILES string of the molecule is CCCNCC(CCC)COCc1ccccc1. The number of nitrogens with one attached hydrogen (secondary N) is 1. The van der Waals surface area contributed by atoms with Gasteiger partial charge in [0.2, 0.25) is 0 Å². The Morgan fingerprint density at radius 1 is 1.11 bits per heavy atom. The van der Waals surface area contributed by atoms with Crippen molar-refractivity contribution >= 4 is 0 Å². The molecule has 0 aliphatic rings. The monoisotopic (exact) mass is 249 g/mol. The van der Waals surface area contributed by atoms with E-state index in [1.54, 1.807) is 0 Å². The Hall–Kier alpha value is -0.860. The minimum absolute atomic E-state index is 0.644. The van der Waals surface area contributed by atoms with Crippen molar-refractivity contribution in [2.45, 2.75) is 39.7 Å². The standard InChI is InChI=1S/C16H27NO/c1-3-8-16(12-17-11-4-2)14-18-13-15-9-6-5-7-10-15/h5-7,9-10,16-17H,3-4,8,11-14H2,1-2H3. The second kappa shape index (κ2) is 10.1. The van der Waals surface area contributed by atoms with Crippen LogP contribution in [-0.4, -0.2) is 19.7 Å². The summed E-state index contributed by atoms with van der Waals surface area (Å²) in [6.07, 6.45) is 3.67. The highest BCUT2D eigenvalue weighted by Gasteiger charge is 2.07. The second-order valence-corrected chi connectivity index (χ2v) is 4.86. The van der Waals surface area contributed by atoms with E-state index in [-0.39, 0.29) is 0 Å². The lowest BCUT2D eigenvalue weighted by Crippen LogP contribution is -2.26. The number of hydrogen-bond donors (Lipinski definition) is 1. The Bertz CT molecular complexity index is 286. The topological polar surface area (TPSA) is 21.3 Å². The number of hydrogen-bond acceptors (Lipinski definition) is 2. The molecule has 102 valence electrons. The molecule has 1 N–H and O–H groups in total. The summed E-state index contributed by atoms with van der Waals surface area (Å²) in [4.78, 5) is 0. The molecule has 0 aliphatic carbocycles. The third kappa shape index (κ3) is 6.77. The zero-order chi connectivity index (χ0) is 13.1. The molecule has 0 spiro atoms. The zero-order valence-corrected chi connectivity index (χ0v) is 11.8. The van der Waals surface area contributed by atoms with Gasteiger partial charge in [-0.05, 0) is 30.9 Å². The fraction of sp³-hybridized carbons (Fsp3) is 0.625. The number of rotatable bonds is 10. The maximum Gasteiger partial charge on any atom is 0.0717 e. The van der Waals surface area contributed by atoms with Gasteiger partial charge in [-0.25, -0.2) is 0 Å². The highest BCUT2D eigenvalue weighted by atomic mass is 16.5. The maximum absolute atomic E-state index is 5.83. The van der Waals surface area contributed by atoms with Gasteiger partial charge in [0.25, 0.3) is 0 Å². The van der Waals surface area contributed by atoms with Crippen LogP contribution in [0.25, 0.3) is 0 Å². The summed E-state index contributed by atoms with van der Waals surface area (Å²) < 4.78 is 5.83. The van der Waals surface area contributed by atoms with Crippen molar-refractivity contribution in [3.8, 4) is 0 Å². The second-order valence-electron chi connectivity index (χ2n) is 4.86. The molecule has 2 nitrogen and oxygen atoms in total. The van der Waals surface area contributed by atoms with Crippen LogP contribution in [0.4, 0.5) is 0 Å². The summed E-state index contributed by atoms with van der Waals surface area (Å²) >= 11 is 0. The van der Waals surface area contributed by atoms with Crippen molar-refractivity contribution in [1.82, 2.24) is 5.32 Å². The van der Waals surface area contributed by atoms with Crippen molar-refractivity contribution in [3.05, 3.63) is 35.9 Å². The molecule has 1 unspecified atom stereocenters. The van der Waals surface area contributed by atoms with Crippen molar-refractivity contribution in [2.24, 2.45) is 5.92 Å². The molecule has 0 amide bonds. The molecule has 0 aromatic heterocycles. The van der Waals surface area contributed by atoms with Gasteiger partial charge in [0.15, 0.2) is 0 Å². The highest BCUT2D eigenvalue weighted by Crippen LogP contribution is 2.08. The molecule has 1 aromatic rings. The van der Waals surface area contributed by atoms with Crippen LogP contribution in [0.1, 0.15) is 38.7 Å². The molecule has 1 atom stereocenters. The molecule has 0 heterocycles. The van der Waals surface area contributed by atoms with E-state index in [1.807, 2.05) is 6.07 Å². The largest absolute Gasteiger partial charge is 0.376 e. The summed E-state index contributed by atoms with van der Waals surface area (Å²) in [5, 5.41) is 3.49. The Balaban J connectivity index is 2.20. The summed E-state index contributed by atoms with van der Waals surface area (Å²) in [5.74, 6) is 0.644. The van der Waals surface area contributed by atoms with Crippen LogP contribution in [0, 0.1) is 5.92 Å². The first-order chi connectivity index (χ1) is 8.86. The van der Waals surface area contributed by atoms with E-state index in [9.17, 15) is 0 Å². The fourth-order valence-corrected chi connectivity index (χ4v) is 2.05. The van der Waals surface area contributed by atoms with Gasteiger partial charge >= 0.3 is 0 Å². The van der Waals surface area contributed by atoms with Crippen molar-refractivity contribution in [2.75, 3.05) is 19.7 Å². The van der Waals surface area contributed by atoms with E-state index in [0.29, 0.717) is 5.92 Å². The lowest BCUT2D eigenvalue weighted by Gasteiger charge is -2.17. The van der Waals surface area contributed by atoms with Gasteiger partial charge < -0.3 is 10.1 Å². The molecule has 18 heavy (non-hydrogen) atoms. The quantitative estimate of drug-likeness (QED) is 0.639. The highest BCUT2D eigenvalue weighted by molar-refractivity contribution is 5.13. The predicted molar refractivity (Wildman–Crippen MR) is 77.7 cm³/mol. The van der Waals surface area contributed by atoms with E-state index in [0.717, 1.165) is 26.3 Å². The lowest BCUT2D eigenvalue weighted by atomic mass is 10.1. The first-order valence-corrected chi connectivity index (χ1v) is 7.19. The predicted octanol–water partition coefficient (Wildman–Crippen LogP) is 3.62. The maximum atomic E-state index is 5.83. The van der Waals surface area contributed by atoms with E-state index in [1.165, 1.54) is 24.8 Å². The minimum atomic E-state index is 0.644. The molecule has 1 aromatic carbocycles. The summed E-state index contributed by atoms with van der Waals surface area (Å²) in [5.41, 5.74) is 1.26. The Morgan fingerprint density at radius 2 is 1.89 bits per heavy atom. The van der Waals surface area contributed by atoms with Crippen LogP contribution < -0.4 is 5.32 Å². The van der Waals surface area contributed by atoms with Crippen molar-refractivity contribution < 1.29 is 4.74 Å². The summed E-state index contributed by atoms with van der Waals surface area (Å²) in [6, 6.07) is 10.4. The molecule has 0 radical (unpaired) electrons. The van der Waals surface area contributed by atoms with Crippen LogP contribution >= 0.6 is 0 Å². The first kappa shape index (κ1) is 15.2. The zero-order valence-electron chi connectivity index (χ0n) is 11.8. The third-order valence-electron chi connectivity index (χ3n) is 3.02. The Kier molecular flexibility index (Phi) is 8.53. The van der Waals surface area contributed by atoms with E-state index in [2.05, 4.69) is 43.4 Å². The van der Waals surface area contributed by atoms with Crippen LogP contribution in [0.5, 0.6) is 0 Å². The third-order valence-corrected chi connectivity index (χ3v) is 3.02. The van der Waals surface area contributed by atoms with Crippen LogP contribution in [0.3, 0.4) is 0 Å². The van der Waals surface area contributed by atoms with Crippen LogP contribution in [0.2, 0.25) is 0 Å². The summed E-state index contributed by atoms with van der Waals surface area (Å²) in [6.45, 7) is 8.22. The van der Waals surface area contributed by atoms with Crippen molar-refractivity contribution in [3.63, 3.8) is 0 Å². The van der Waals surface area contributed by atoms with E-state index >= 15 is 0 Å². The molecule has 0 bridgehead atoms. The van der Waals surface area contributed by atoms with Crippen LogP contribution in [-0.2, 0) is 11.3 Å². The smallest absolute Gasteiger partial charge is 0.0717 e. The number of benzene rings is 1. The molecule has 1 rings (SSSR count). The van der Waals surface area contributed by atoms with Crippen molar-refractivity contribution in [1.29, 1.82) is 0 Å². The summed E-state index contributed by atoms with van der Waals surface area (Å²) in [7, 11) is 0. The van der Waals surface area contributed by atoms with Gasteiger partial charge in [-0.2, -0.15) is 0 Å². The van der Waals surface area contributed by atoms with Gasteiger partial charge in [-0.3, -0.25) is 0 Å². The molecular formula is C16H27NO. The molecule has 0 aliphatic heterocycles. The first-order valence-electron chi connectivity index (χ1n) is 7.19. The molecule has 2 heteroatoms. The molecule has 0 saturated heterocycles. The van der Waals surface area contributed by atoms with Gasteiger partial charge in [-0.15, -0.1) is 0 Å². The normalized spacial score (nSPS) is 12.6. The average molecular weight is 249 g/mol. The number of ether oxygens (including phenoxy) is 1. The van der Waals surface area contributed by atoms with E-state index in [4.69, 9.17) is 4.74 Å². The molecule has 0 saturated carbocycles. The van der Waals surface area contributed by atoms with Gasteiger partial charge in [0.1, 0.15) is 0 Å². The average Bonchev–Trinajstić information content (AvgIpc) is 2.40. The lowest BCUT2D eigenvalue weighted by molar-refractivity contribution is 0.0835.